The third-order valence-corrected chi connectivity index (χ3v) is 4.53. The van der Waals surface area contributed by atoms with Crippen LogP contribution in [0.15, 0.2) is 35.0 Å². The zero-order chi connectivity index (χ0) is 17.8. The van der Waals surface area contributed by atoms with E-state index in [2.05, 4.69) is 20.4 Å². The van der Waals surface area contributed by atoms with Crippen LogP contribution in [0.3, 0.4) is 0 Å². The van der Waals surface area contributed by atoms with Crippen molar-refractivity contribution >= 4 is 17.2 Å². The molecule has 3 aromatic rings. The molecule has 0 radical (unpaired) electrons. The fourth-order valence-corrected chi connectivity index (χ4v) is 2.93. The lowest BCUT2D eigenvalue weighted by Gasteiger charge is -2.04. The van der Waals surface area contributed by atoms with Gasteiger partial charge >= 0.3 is 0 Å². The average Bonchev–Trinajstić information content (AvgIpc) is 3.29. The molecule has 25 heavy (non-hydrogen) atoms. The fraction of sp³-hybridized carbons (Fsp3) is 0.294. The van der Waals surface area contributed by atoms with E-state index in [0.717, 1.165) is 9.75 Å². The molecule has 0 unspecified atom stereocenters. The number of rotatable bonds is 6. The van der Waals surface area contributed by atoms with Crippen LogP contribution in [0.4, 0.5) is 0 Å². The highest BCUT2D eigenvalue weighted by molar-refractivity contribution is 7.15. The molecule has 130 valence electrons. The quantitative estimate of drug-likeness (QED) is 0.727. The largest absolute Gasteiger partial charge is 0.481 e. The van der Waals surface area contributed by atoms with Gasteiger partial charge in [-0.15, -0.1) is 11.3 Å². The van der Waals surface area contributed by atoms with Gasteiger partial charge in [0.1, 0.15) is 0 Å². The molecule has 0 saturated carbocycles. The van der Waals surface area contributed by atoms with Gasteiger partial charge in [-0.3, -0.25) is 4.79 Å². The number of hydrogen-bond donors (Lipinski definition) is 1. The second kappa shape index (κ2) is 7.43. The van der Waals surface area contributed by atoms with Gasteiger partial charge in [0, 0.05) is 23.1 Å². The van der Waals surface area contributed by atoms with Crippen LogP contribution in [-0.2, 0) is 6.54 Å². The van der Waals surface area contributed by atoms with E-state index in [-0.39, 0.29) is 11.8 Å². The van der Waals surface area contributed by atoms with Crippen molar-refractivity contribution in [1.29, 1.82) is 0 Å². The number of thiophene rings is 1. The lowest BCUT2D eigenvalue weighted by molar-refractivity contribution is 0.0951. The minimum Gasteiger partial charge on any atom is -0.481 e. The zero-order valence-electron chi connectivity index (χ0n) is 14.1. The maximum atomic E-state index is 12.1. The fourth-order valence-electron chi connectivity index (χ4n) is 2.06. The molecule has 1 amide bonds. The Balaban J connectivity index is 1.61. The van der Waals surface area contributed by atoms with Crippen molar-refractivity contribution in [3.63, 3.8) is 0 Å². The summed E-state index contributed by atoms with van der Waals surface area (Å²) in [6.45, 7) is 4.44. The number of pyridine rings is 1. The van der Waals surface area contributed by atoms with Gasteiger partial charge in [-0.05, 0) is 18.2 Å². The van der Waals surface area contributed by atoms with Gasteiger partial charge in [-0.2, -0.15) is 4.98 Å². The predicted molar refractivity (Wildman–Crippen MR) is 93.7 cm³/mol. The maximum absolute atomic E-state index is 12.1. The van der Waals surface area contributed by atoms with Crippen molar-refractivity contribution in [2.75, 3.05) is 7.11 Å². The molecule has 0 aliphatic carbocycles. The summed E-state index contributed by atoms with van der Waals surface area (Å²) in [5.74, 6) is 1.69. The number of aromatic nitrogens is 3. The minimum absolute atomic E-state index is 0.190. The topological polar surface area (TPSA) is 90.1 Å². The Morgan fingerprint density at radius 1 is 1.32 bits per heavy atom. The Morgan fingerprint density at radius 3 is 2.80 bits per heavy atom. The number of carbonyl (C=O) groups is 1. The van der Waals surface area contributed by atoms with Gasteiger partial charge in [-0.25, -0.2) is 4.98 Å². The first-order chi connectivity index (χ1) is 12.1. The van der Waals surface area contributed by atoms with Crippen LogP contribution in [0.2, 0.25) is 0 Å². The van der Waals surface area contributed by atoms with Gasteiger partial charge in [0.05, 0.1) is 24.1 Å². The molecule has 0 aromatic carbocycles. The SMILES string of the molecule is COc1ccc(C(=O)NCc2ccc(-c3nc(C(C)C)no3)s2)cn1. The van der Waals surface area contributed by atoms with Crippen LogP contribution in [0.1, 0.15) is 40.8 Å². The summed E-state index contributed by atoms with van der Waals surface area (Å²) >= 11 is 1.51. The monoisotopic (exact) mass is 358 g/mol. The third kappa shape index (κ3) is 4.03. The Morgan fingerprint density at radius 2 is 2.16 bits per heavy atom. The van der Waals surface area contributed by atoms with Gasteiger partial charge in [0.25, 0.3) is 11.8 Å². The number of hydrogen-bond acceptors (Lipinski definition) is 7. The van der Waals surface area contributed by atoms with Crippen LogP contribution >= 0.6 is 11.3 Å². The average molecular weight is 358 g/mol. The van der Waals surface area contributed by atoms with Crippen LogP contribution in [0.25, 0.3) is 10.8 Å². The van der Waals surface area contributed by atoms with Crippen molar-refractivity contribution in [3.05, 3.63) is 46.7 Å². The van der Waals surface area contributed by atoms with Gasteiger partial charge in [-0.1, -0.05) is 19.0 Å². The number of ether oxygens (including phenoxy) is 1. The van der Waals surface area contributed by atoms with Crippen molar-refractivity contribution in [2.45, 2.75) is 26.3 Å². The van der Waals surface area contributed by atoms with E-state index in [0.29, 0.717) is 29.7 Å². The van der Waals surface area contributed by atoms with E-state index < -0.39 is 0 Å². The second-order valence-corrected chi connectivity index (χ2v) is 6.82. The van der Waals surface area contributed by atoms with Gasteiger partial charge in [0.15, 0.2) is 5.82 Å². The molecule has 0 fully saturated rings. The molecule has 0 atom stereocenters. The zero-order valence-corrected chi connectivity index (χ0v) is 15.0. The van der Waals surface area contributed by atoms with E-state index in [1.54, 1.807) is 12.1 Å². The standard InChI is InChI=1S/C17H18N4O3S/c1-10(2)15-20-17(24-21-15)13-6-5-12(25-13)9-19-16(22)11-4-7-14(23-3)18-8-11/h4-8,10H,9H2,1-3H3,(H,19,22). The number of nitrogens with one attached hydrogen (secondary N) is 1. The van der Waals surface area contributed by atoms with E-state index >= 15 is 0 Å². The van der Waals surface area contributed by atoms with Crippen LogP contribution in [0, 0.1) is 0 Å². The molecule has 8 heteroatoms. The molecule has 0 saturated heterocycles. The Bertz CT molecular complexity index is 855. The molecule has 3 rings (SSSR count). The number of amides is 1. The number of nitrogens with zero attached hydrogens (tertiary/aromatic N) is 3. The molecule has 3 heterocycles. The van der Waals surface area contributed by atoms with E-state index in [1.807, 2.05) is 26.0 Å². The van der Waals surface area contributed by atoms with Crippen molar-refractivity contribution in [1.82, 2.24) is 20.4 Å². The van der Waals surface area contributed by atoms with Gasteiger partial charge in [0.2, 0.25) is 5.88 Å². The summed E-state index contributed by atoms with van der Waals surface area (Å²) < 4.78 is 10.3. The second-order valence-electron chi connectivity index (χ2n) is 5.65. The Labute approximate surface area is 149 Å². The first-order valence-corrected chi connectivity index (χ1v) is 8.59. The van der Waals surface area contributed by atoms with Crippen molar-refractivity contribution < 1.29 is 14.1 Å². The van der Waals surface area contributed by atoms with Crippen LogP contribution < -0.4 is 10.1 Å². The molecule has 7 nitrogen and oxygen atoms in total. The summed E-state index contributed by atoms with van der Waals surface area (Å²) in [6.07, 6.45) is 1.49. The highest BCUT2D eigenvalue weighted by atomic mass is 32.1. The molecule has 0 aliphatic heterocycles. The molecule has 0 spiro atoms. The van der Waals surface area contributed by atoms with E-state index in [1.165, 1.54) is 24.6 Å². The van der Waals surface area contributed by atoms with Crippen molar-refractivity contribution in [2.24, 2.45) is 0 Å². The molecule has 1 N–H and O–H groups in total. The highest BCUT2D eigenvalue weighted by Gasteiger charge is 2.14. The Kier molecular flexibility index (Phi) is 5.08. The van der Waals surface area contributed by atoms with Crippen LogP contribution in [0.5, 0.6) is 5.88 Å². The van der Waals surface area contributed by atoms with Gasteiger partial charge < -0.3 is 14.6 Å². The minimum atomic E-state index is -0.190. The summed E-state index contributed by atoms with van der Waals surface area (Å²) in [7, 11) is 1.53. The smallest absolute Gasteiger partial charge is 0.268 e. The number of methoxy groups -OCH3 is 1. The summed E-state index contributed by atoms with van der Waals surface area (Å²) in [5.41, 5.74) is 0.482. The third-order valence-electron chi connectivity index (χ3n) is 3.46. The highest BCUT2D eigenvalue weighted by Crippen LogP contribution is 2.27. The molecular weight excluding hydrogens is 340 g/mol. The number of carbonyl (C=O) groups excluding carboxylic acids is 1. The lowest BCUT2D eigenvalue weighted by Crippen LogP contribution is -2.22. The Hall–Kier alpha value is -2.74. The summed E-state index contributed by atoms with van der Waals surface area (Å²) in [6, 6.07) is 7.18. The molecule has 3 aromatic heterocycles. The summed E-state index contributed by atoms with van der Waals surface area (Å²) in [5, 5.41) is 6.83. The van der Waals surface area contributed by atoms with E-state index in [4.69, 9.17) is 9.26 Å². The molecule has 0 bridgehead atoms. The first-order valence-electron chi connectivity index (χ1n) is 7.77. The summed E-state index contributed by atoms with van der Waals surface area (Å²) in [4.78, 5) is 22.4. The molecule has 0 aliphatic rings. The molecular formula is C17H18N4O3S. The van der Waals surface area contributed by atoms with E-state index in [9.17, 15) is 4.79 Å². The normalized spacial score (nSPS) is 10.9. The maximum Gasteiger partial charge on any atom is 0.268 e. The predicted octanol–water partition coefficient (Wildman–Crippen LogP) is 3.26. The lowest BCUT2D eigenvalue weighted by atomic mass is 10.2. The van der Waals surface area contributed by atoms with Crippen molar-refractivity contribution in [3.8, 4) is 16.6 Å². The first kappa shape index (κ1) is 17.1. The van der Waals surface area contributed by atoms with Crippen LogP contribution in [-0.4, -0.2) is 28.1 Å².